The molecule has 1 rings (SSSR count). The predicted octanol–water partition coefficient (Wildman–Crippen LogP) is 2.63. The summed E-state index contributed by atoms with van der Waals surface area (Å²) in [6.45, 7) is 0. The number of alkyl halides is 4. The molecule has 0 bridgehead atoms. The van der Waals surface area contributed by atoms with Crippen molar-refractivity contribution in [3.63, 3.8) is 0 Å². The summed E-state index contributed by atoms with van der Waals surface area (Å²) in [5, 5.41) is 0. The lowest BCUT2D eigenvalue weighted by Crippen LogP contribution is -2.23. The van der Waals surface area contributed by atoms with E-state index in [0.29, 0.717) is 0 Å². The summed E-state index contributed by atoms with van der Waals surface area (Å²) in [5.41, 5.74) is 4.75. The van der Waals surface area contributed by atoms with Gasteiger partial charge in [0.1, 0.15) is 0 Å². The molecule has 1 aromatic rings. The van der Waals surface area contributed by atoms with Crippen LogP contribution >= 0.6 is 0 Å². The van der Waals surface area contributed by atoms with E-state index >= 15 is 0 Å². The third-order valence-corrected chi connectivity index (χ3v) is 1.57. The normalized spacial score (nSPS) is 12.1. The van der Waals surface area contributed by atoms with Gasteiger partial charge in [-0.25, -0.2) is 8.78 Å². The monoisotopic (exact) mass is 193 g/mol. The minimum atomic E-state index is -4.10. The molecule has 0 radical (unpaired) electrons. The van der Waals surface area contributed by atoms with Crippen LogP contribution in [0.25, 0.3) is 0 Å². The van der Waals surface area contributed by atoms with Gasteiger partial charge >= 0.3 is 12.3 Å². The predicted molar refractivity (Wildman–Crippen MR) is 40.8 cm³/mol. The molecule has 0 atom stereocenters. The van der Waals surface area contributed by atoms with Gasteiger partial charge in [-0.15, -0.1) is 0 Å². The first-order valence-electron chi connectivity index (χ1n) is 3.46. The van der Waals surface area contributed by atoms with Crippen molar-refractivity contribution in [2.75, 3.05) is 5.73 Å². The standard InChI is InChI=1S/C8H7F4N/c9-7(10)8(11,12)5-1-3-6(13)4-2-5/h1-4,7H,13H2. The smallest absolute Gasteiger partial charge is 0.332 e. The van der Waals surface area contributed by atoms with Crippen LogP contribution in [0.5, 0.6) is 0 Å². The Morgan fingerprint density at radius 3 is 1.92 bits per heavy atom. The van der Waals surface area contributed by atoms with E-state index in [4.69, 9.17) is 5.73 Å². The molecule has 0 unspecified atom stereocenters. The molecule has 0 amide bonds. The van der Waals surface area contributed by atoms with Gasteiger partial charge < -0.3 is 5.73 Å². The second-order valence-corrected chi connectivity index (χ2v) is 2.55. The van der Waals surface area contributed by atoms with Gasteiger partial charge in [0.15, 0.2) is 0 Å². The average molecular weight is 193 g/mol. The first-order valence-corrected chi connectivity index (χ1v) is 3.46. The molecule has 0 spiro atoms. The summed E-state index contributed by atoms with van der Waals surface area (Å²) in [6.07, 6.45) is -3.70. The zero-order valence-corrected chi connectivity index (χ0v) is 6.48. The molecule has 0 heterocycles. The van der Waals surface area contributed by atoms with E-state index in [1.54, 1.807) is 0 Å². The van der Waals surface area contributed by atoms with Crippen LogP contribution in [0.15, 0.2) is 24.3 Å². The second kappa shape index (κ2) is 3.24. The lowest BCUT2D eigenvalue weighted by molar-refractivity contribution is -0.135. The van der Waals surface area contributed by atoms with Crippen molar-refractivity contribution < 1.29 is 17.6 Å². The fourth-order valence-corrected chi connectivity index (χ4v) is 0.831. The van der Waals surface area contributed by atoms with Crippen LogP contribution < -0.4 is 5.73 Å². The Morgan fingerprint density at radius 2 is 1.54 bits per heavy atom. The minimum Gasteiger partial charge on any atom is -0.399 e. The van der Waals surface area contributed by atoms with Gasteiger partial charge in [-0.3, -0.25) is 0 Å². The zero-order chi connectivity index (χ0) is 10.1. The van der Waals surface area contributed by atoms with Crippen molar-refractivity contribution >= 4 is 5.69 Å². The highest BCUT2D eigenvalue weighted by Crippen LogP contribution is 2.34. The van der Waals surface area contributed by atoms with Crippen molar-refractivity contribution in [2.45, 2.75) is 12.3 Å². The molecular weight excluding hydrogens is 186 g/mol. The molecule has 0 aromatic heterocycles. The number of anilines is 1. The summed E-state index contributed by atoms with van der Waals surface area (Å²) < 4.78 is 48.9. The fraction of sp³-hybridized carbons (Fsp3) is 0.250. The van der Waals surface area contributed by atoms with Crippen LogP contribution in [0.2, 0.25) is 0 Å². The van der Waals surface area contributed by atoms with Crippen molar-refractivity contribution in [3.8, 4) is 0 Å². The number of nitrogen functional groups attached to an aromatic ring is 1. The molecule has 0 saturated carbocycles. The molecule has 5 heteroatoms. The van der Waals surface area contributed by atoms with Crippen LogP contribution in [0.1, 0.15) is 5.56 Å². The Labute approximate surface area is 72.2 Å². The Hall–Kier alpha value is -1.26. The Morgan fingerprint density at radius 1 is 1.08 bits per heavy atom. The molecule has 0 aliphatic carbocycles. The quantitative estimate of drug-likeness (QED) is 0.567. The van der Waals surface area contributed by atoms with E-state index in [-0.39, 0.29) is 5.69 Å². The Bertz CT molecular complexity index is 281. The zero-order valence-electron chi connectivity index (χ0n) is 6.48. The highest BCUT2D eigenvalue weighted by atomic mass is 19.3. The first-order chi connectivity index (χ1) is 5.94. The van der Waals surface area contributed by atoms with E-state index in [9.17, 15) is 17.6 Å². The van der Waals surface area contributed by atoms with Gasteiger partial charge in [0.2, 0.25) is 0 Å². The van der Waals surface area contributed by atoms with Crippen LogP contribution in [0.4, 0.5) is 23.2 Å². The number of rotatable bonds is 2. The van der Waals surface area contributed by atoms with Gasteiger partial charge in [0.05, 0.1) is 0 Å². The Kier molecular flexibility index (Phi) is 2.45. The van der Waals surface area contributed by atoms with Gasteiger partial charge in [-0.05, 0) is 12.1 Å². The summed E-state index contributed by atoms with van der Waals surface area (Å²) in [4.78, 5) is 0. The maximum atomic E-state index is 12.6. The summed E-state index contributed by atoms with van der Waals surface area (Å²) in [7, 11) is 0. The minimum absolute atomic E-state index is 0.258. The molecule has 0 fully saturated rings. The first kappa shape index (κ1) is 9.83. The highest BCUT2D eigenvalue weighted by Gasteiger charge is 2.42. The number of halogens is 4. The van der Waals surface area contributed by atoms with E-state index in [1.807, 2.05) is 0 Å². The number of benzene rings is 1. The topological polar surface area (TPSA) is 26.0 Å². The molecule has 1 nitrogen and oxygen atoms in total. The number of hydrogen-bond acceptors (Lipinski definition) is 1. The molecule has 2 N–H and O–H groups in total. The molecule has 1 aromatic carbocycles. The van der Waals surface area contributed by atoms with Crippen molar-refractivity contribution in [2.24, 2.45) is 0 Å². The van der Waals surface area contributed by atoms with Crippen molar-refractivity contribution in [1.29, 1.82) is 0 Å². The molecule has 72 valence electrons. The lowest BCUT2D eigenvalue weighted by Gasteiger charge is -2.15. The SMILES string of the molecule is Nc1ccc(C(F)(F)C(F)F)cc1. The summed E-state index contributed by atoms with van der Waals surface area (Å²) >= 11 is 0. The second-order valence-electron chi connectivity index (χ2n) is 2.55. The molecular formula is C8H7F4N. The number of hydrogen-bond donors (Lipinski definition) is 1. The van der Waals surface area contributed by atoms with Crippen LogP contribution in [-0.4, -0.2) is 6.43 Å². The van der Waals surface area contributed by atoms with E-state index in [1.165, 1.54) is 0 Å². The summed E-state index contributed by atoms with van der Waals surface area (Å²) in [5.74, 6) is -4.10. The lowest BCUT2D eigenvalue weighted by atomic mass is 10.1. The van der Waals surface area contributed by atoms with Crippen LogP contribution in [-0.2, 0) is 5.92 Å². The average Bonchev–Trinajstić information content (AvgIpc) is 2.04. The van der Waals surface area contributed by atoms with Crippen molar-refractivity contribution in [1.82, 2.24) is 0 Å². The Balaban J connectivity index is 3.01. The molecule has 0 aliphatic heterocycles. The van der Waals surface area contributed by atoms with Gasteiger partial charge in [-0.1, -0.05) is 12.1 Å². The molecule has 13 heavy (non-hydrogen) atoms. The largest absolute Gasteiger partial charge is 0.399 e. The van der Waals surface area contributed by atoms with Gasteiger partial charge in [0.25, 0.3) is 0 Å². The maximum Gasteiger partial charge on any atom is 0.332 e. The number of nitrogens with two attached hydrogens (primary N) is 1. The third-order valence-electron chi connectivity index (χ3n) is 1.57. The van der Waals surface area contributed by atoms with Crippen molar-refractivity contribution in [3.05, 3.63) is 29.8 Å². The third kappa shape index (κ3) is 1.91. The van der Waals surface area contributed by atoms with E-state index in [0.717, 1.165) is 24.3 Å². The van der Waals surface area contributed by atoms with E-state index in [2.05, 4.69) is 0 Å². The van der Waals surface area contributed by atoms with Gasteiger partial charge in [-0.2, -0.15) is 8.78 Å². The highest BCUT2D eigenvalue weighted by molar-refractivity contribution is 5.40. The van der Waals surface area contributed by atoms with Crippen LogP contribution in [0.3, 0.4) is 0 Å². The molecule has 0 aliphatic rings. The van der Waals surface area contributed by atoms with Crippen LogP contribution in [0, 0.1) is 0 Å². The summed E-state index contributed by atoms with van der Waals surface area (Å²) in [6, 6.07) is 4.10. The van der Waals surface area contributed by atoms with E-state index < -0.39 is 17.9 Å². The fourth-order valence-electron chi connectivity index (χ4n) is 0.831. The molecule has 0 saturated heterocycles. The van der Waals surface area contributed by atoms with Gasteiger partial charge in [0, 0.05) is 11.3 Å². The maximum absolute atomic E-state index is 12.6.